The van der Waals surface area contributed by atoms with Crippen molar-refractivity contribution in [1.29, 1.82) is 0 Å². The fraction of sp³-hybridized carbons (Fsp3) is 0.611. The van der Waals surface area contributed by atoms with Crippen molar-refractivity contribution in [2.24, 2.45) is 0 Å². The number of nitrogens with zero attached hydrogens (tertiary/aromatic N) is 3. The number of benzene rings is 1. The van der Waals surface area contributed by atoms with Gasteiger partial charge in [0.25, 0.3) is 0 Å². The Morgan fingerprint density at radius 1 is 1.25 bits per heavy atom. The van der Waals surface area contributed by atoms with Gasteiger partial charge in [0.15, 0.2) is 0 Å². The molecule has 0 spiro atoms. The Balaban J connectivity index is 1.40. The van der Waals surface area contributed by atoms with Crippen LogP contribution in [-0.4, -0.2) is 86.7 Å². The molecule has 6 heteroatoms. The van der Waals surface area contributed by atoms with Crippen LogP contribution in [0.3, 0.4) is 0 Å². The quantitative estimate of drug-likeness (QED) is 0.775. The van der Waals surface area contributed by atoms with Crippen LogP contribution < -0.4 is 9.47 Å². The highest BCUT2D eigenvalue weighted by Gasteiger charge is 2.34. The minimum absolute atomic E-state index is 0.0779. The maximum Gasteiger partial charge on any atom is 0.237 e. The third-order valence-corrected chi connectivity index (χ3v) is 4.88. The summed E-state index contributed by atoms with van der Waals surface area (Å²) < 4.78 is 11.1. The van der Waals surface area contributed by atoms with Crippen molar-refractivity contribution in [1.82, 2.24) is 14.7 Å². The number of ether oxygens (including phenoxy) is 2. The molecule has 0 bridgehead atoms. The van der Waals surface area contributed by atoms with E-state index in [1.807, 2.05) is 29.2 Å². The number of hydrogen-bond acceptors (Lipinski definition) is 5. The molecule has 0 saturated carbocycles. The van der Waals surface area contributed by atoms with Gasteiger partial charge in [-0.3, -0.25) is 9.69 Å². The first kappa shape index (κ1) is 17.0. The molecule has 1 amide bonds. The molecule has 0 aliphatic carbocycles. The van der Waals surface area contributed by atoms with E-state index in [-0.39, 0.29) is 12.0 Å². The first-order chi connectivity index (χ1) is 11.5. The second-order valence-corrected chi connectivity index (χ2v) is 6.86. The third-order valence-electron chi connectivity index (χ3n) is 4.88. The molecule has 24 heavy (non-hydrogen) atoms. The van der Waals surface area contributed by atoms with Crippen LogP contribution in [0.2, 0.25) is 0 Å². The normalized spacial score (nSPS) is 21.8. The van der Waals surface area contributed by atoms with Crippen molar-refractivity contribution in [3.8, 4) is 11.5 Å². The van der Waals surface area contributed by atoms with E-state index in [4.69, 9.17) is 9.47 Å². The molecule has 3 rings (SSSR count). The van der Waals surface area contributed by atoms with Gasteiger partial charge in [0.05, 0.1) is 26.7 Å². The zero-order valence-corrected chi connectivity index (χ0v) is 14.8. The molecule has 2 aliphatic heterocycles. The highest BCUT2D eigenvalue weighted by Crippen LogP contribution is 2.23. The van der Waals surface area contributed by atoms with E-state index < -0.39 is 0 Å². The summed E-state index contributed by atoms with van der Waals surface area (Å²) in [6.45, 7) is 3.85. The number of carbonyl (C=O) groups is 1. The average molecular weight is 333 g/mol. The second-order valence-electron chi connectivity index (χ2n) is 6.86. The Morgan fingerprint density at radius 3 is 2.67 bits per heavy atom. The minimum atomic E-state index is 0.0779. The number of methoxy groups -OCH3 is 1. The molecule has 0 N–H and O–H groups in total. The Kier molecular flexibility index (Phi) is 5.26. The molecule has 0 aromatic heterocycles. The van der Waals surface area contributed by atoms with Gasteiger partial charge in [-0.05, 0) is 32.6 Å². The van der Waals surface area contributed by atoms with E-state index in [2.05, 4.69) is 23.9 Å². The summed E-state index contributed by atoms with van der Waals surface area (Å²) in [5, 5.41) is 0. The van der Waals surface area contributed by atoms with E-state index >= 15 is 0 Å². The van der Waals surface area contributed by atoms with Crippen molar-refractivity contribution >= 4 is 5.91 Å². The lowest BCUT2D eigenvalue weighted by molar-refractivity contribution is -0.141. The van der Waals surface area contributed by atoms with Gasteiger partial charge in [-0.25, -0.2) is 0 Å². The molecular weight excluding hydrogens is 306 g/mol. The Labute approximate surface area is 143 Å². The van der Waals surface area contributed by atoms with Crippen molar-refractivity contribution in [2.45, 2.75) is 18.6 Å². The lowest BCUT2D eigenvalue weighted by Gasteiger charge is -2.39. The predicted molar refractivity (Wildman–Crippen MR) is 92.5 cm³/mol. The van der Waals surface area contributed by atoms with Crippen LogP contribution >= 0.6 is 0 Å². The van der Waals surface area contributed by atoms with Crippen LogP contribution in [0.4, 0.5) is 0 Å². The highest BCUT2D eigenvalue weighted by atomic mass is 16.5. The molecule has 2 saturated heterocycles. The van der Waals surface area contributed by atoms with Gasteiger partial charge in [0.2, 0.25) is 5.91 Å². The zero-order chi connectivity index (χ0) is 17.1. The van der Waals surface area contributed by atoms with E-state index in [0.717, 1.165) is 31.0 Å². The van der Waals surface area contributed by atoms with Crippen molar-refractivity contribution in [2.75, 3.05) is 53.9 Å². The average Bonchev–Trinajstić information content (AvgIpc) is 2.99. The summed E-state index contributed by atoms with van der Waals surface area (Å²) in [4.78, 5) is 18.7. The topological polar surface area (TPSA) is 45.3 Å². The van der Waals surface area contributed by atoms with E-state index in [1.165, 1.54) is 0 Å². The SMILES string of the molecule is COc1cccc(OC2CN(C(=O)CN3CCC(N(C)C)C3)C2)c1. The fourth-order valence-electron chi connectivity index (χ4n) is 3.25. The summed E-state index contributed by atoms with van der Waals surface area (Å²) in [5.74, 6) is 1.78. The number of rotatable bonds is 6. The molecule has 0 radical (unpaired) electrons. The summed E-state index contributed by atoms with van der Waals surface area (Å²) in [6, 6.07) is 8.15. The van der Waals surface area contributed by atoms with Crippen molar-refractivity contribution < 1.29 is 14.3 Å². The molecule has 1 aromatic carbocycles. The zero-order valence-electron chi connectivity index (χ0n) is 14.8. The number of amides is 1. The first-order valence-electron chi connectivity index (χ1n) is 8.52. The van der Waals surface area contributed by atoms with Gasteiger partial charge in [-0.2, -0.15) is 0 Å². The monoisotopic (exact) mass is 333 g/mol. The summed E-state index contributed by atoms with van der Waals surface area (Å²) in [6.07, 6.45) is 1.22. The molecule has 132 valence electrons. The van der Waals surface area contributed by atoms with Crippen molar-refractivity contribution in [3.63, 3.8) is 0 Å². The Bertz CT molecular complexity index is 572. The largest absolute Gasteiger partial charge is 0.497 e. The van der Waals surface area contributed by atoms with Crippen LogP contribution in [0, 0.1) is 0 Å². The van der Waals surface area contributed by atoms with Crippen LogP contribution in [0.1, 0.15) is 6.42 Å². The molecule has 6 nitrogen and oxygen atoms in total. The van der Waals surface area contributed by atoms with Gasteiger partial charge < -0.3 is 19.3 Å². The maximum atomic E-state index is 12.4. The smallest absolute Gasteiger partial charge is 0.237 e. The van der Waals surface area contributed by atoms with E-state index in [9.17, 15) is 4.79 Å². The Morgan fingerprint density at radius 2 is 2.00 bits per heavy atom. The molecule has 1 aromatic rings. The molecule has 1 atom stereocenters. The standard InChI is InChI=1S/C18H27N3O3/c1-19(2)14-7-8-20(10-14)13-18(22)21-11-17(12-21)24-16-6-4-5-15(9-16)23-3/h4-6,9,14,17H,7-8,10-13H2,1-3H3. The van der Waals surface area contributed by atoms with Gasteiger partial charge in [0.1, 0.15) is 17.6 Å². The molecule has 2 heterocycles. The molecular formula is C18H27N3O3. The molecule has 1 unspecified atom stereocenters. The van der Waals surface area contributed by atoms with Gasteiger partial charge >= 0.3 is 0 Å². The van der Waals surface area contributed by atoms with Gasteiger partial charge in [0, 0.05) is 25.2 Å². The minimum Gasteiger partial charge on any atom is -0.497 e. The summed E-state index contributed by atoms with van der Waals surface area (Å²) >= 11 is 0. The Hall–Kier alpha value is -1.79. The van der Waals surface area contributed by atoms with Crippen LogP contribution in [-0.2, 0) is 4.79 Å². The lowest BCUT2D eigenvalue weighted by Crippen LogP contribution is -2.58. The number of hydrogen-bond donors (Lipinski definition) is 0. The maximum absolute atomic E-state index is 12.4. The summed E-state index contributed by atoms with van der Waals surface area (Å²) in [5.41, 5.74) is 0. The number of likely N-dealkylation sites (tertiary alicyclic amines) is 2. The summed E-state index contributed by atoms with van der Waals surface area (Å²) in [7, 11) is 5.85. The van der Waals surface area contributed by atoms with Crippen LogP contribution in [0.25, 0.3) is 0 Å². The number of likely N-dealkylation sites (N-methyl/N-ethyl adjacent to an activating group) is 1. The third kappa shape index (κ3) is 3.99. The second kappa shape index (κ2) is 7.40. The molecule has 2 aliphatic rings. The van der Waals surface area contributed by atoms with E-state index in [0.29, 0.717) is 25.7 Å². The first-order valence-corrected chi connectivity index (χ1v) is 8.52. The highest BCUT2D eigenvalue weighted by molar-refractivity contribution is 5.79. The van der Waals surface area contributed by atoms with Gasteiger partial charge in [-0.1, -0.05) is 6.07 Å². The van der Waals surface area contributed by atoms with Gasteiger partial charge in [-0.15, -0.1) is 0 Å². The van der Waals surface area contributed by atoms with Crippen LogP contribution in [0.15, 0.2) is 24.3 Å². The predicted octanol–water partition coefficient (Wildman–Crippen LogP) is 0.921. The fourth-order valence-corrected chi connectivity index (χ4v) is 3.25. The van der Waals surface area contributed by atoms with Crippen molar-refractivity contribution in [3.05, 3.63) is 24.3 Å². The molecule has 2 fully saturated rings. The van der Waals surface area contributed by atoms with E-state index in [1.54, 1.807) is 7.11 Å². The number of carbonyl (C=O) groups excluding carboxylic acids is 1. The lowest BCUT2D eigenvalue weighted by atomic mass is 10.1. The van der Waals surface area contributed by atoms with Crippen LogP contribution in [0.5, 0.6) is 11.5 Å².